The van der Waals surface area contributed by atoms with Crippen LogP contribution in [0.15, 0.2) is 28.7 Å². The fourth-order valence-corrected chi connectivity index (χ4v) is 2.24. The molecule has 1 amide bonds. The number of carbonyl (C=O) groups is 1. The molecule has 1 aromatic rings. The first-order valence-electron chi connectivity index (χ1n) is 5.73. The molecule has 0 radical (unpaired) electrons. The van der Waals surface area contributed by atoms with Crippen LogP contribution in [-0.4, -0.2) is 29.7 Å². The third-order valence-electron chi connectivity index (χ3n) is 2.94. The number of hydrazine groups is 1. The second-order valence-electron chi connectivity index (χ2n) is 4.37. The van der Waals surface area contributed by atoms with Gasteiger partial charge in [0.2, 0.25) is 5.91 Å². The van der Waals surface area contributed by atoms with Crippen molar-refractivity contribution in [1.82, 2.24) is 10.4 Å². The molecule has 19 heavy (non-hydrogen) atoms. The monoisotopic (exact) mass is 336 g/mol. The molecule has 0 unspecified atom stereocenters. The molecule has 1 aliphatic rings. The zero-order valence-corrected chi connectivity index (χ0v) is 11.5. The number of alkyl halides is 3. The predicted molar refractivity (Wildman–Crippen MR) is 67.2 cm³/mol. The number of benzene rings is 1. The van der Waals surface area contributed by atoms with E-state index in [1.165, 1.54) is 0 Å². The molecule has 3 nitrogen and oxygen atoms in total. The van der Waals surface area contributed by atoms with Crippen molar-refractivity contribution in [3.05, 3.63) is 34.3 Å². The maximum Gasteiger partial charge on any atom is 0.406 e. The summed E-state index contributed by atoms with van der Waals surface area (Å²) in [7, 11) is 0. The molecule has 0 aliphatic carbocycles. The molecule has 2 rings (SSSR count). The minimum atomic E-state index is -4.38. The summed E-state index contributed by atoms with van der Waals surface area (Å²) in [5.74, 6) is -0.370. The fourth-order valence-electron chi connectivity index (χ4n) is 1.97. The molecule has 7 heteroatoms. The van der Waals surface area contributed by atoms with Crippen LogP contribution in [0.5, 0.6) is 0 Å². The lowest BCUT2D eigenvalue weighted by Crippen LogP contribution is -2.51. The quantitative estimate of drug-likeness (QED) is 0.920. The first kappa shape index (κ1) is 14.3. The van der Waals surface area contributed by atoms with Crippen molar-refractivity contribution >= 4 is 21.8 Å². The van der Waals surface area contributed by atoms with Crippen molar-refractivity contribution in [3.63, 3.8) is 0 Å². The Morgan fingerprint density at radius 2 is 1.95 bits per heavy atom. The maximum atomic E-state index is 13.1. The lowest BCUT2D eigenvalue weighted by molar-refractivity contribution is -0.187. The number of carbonyl (C=O) groups excluding carboxylic acids is 1. The molecule has 1 N–H and O–H groups in total. The Bertz CT molecular complexity index is 461. The van der Waals surface area contributed by atoms with E-state index in [9.17, 15) is 18.0 Å². The molecule has 1 aromatic carbocycles. The Morgan fingerprint density at radius 3 is 2.42 bits per heavy atom. The highest BCUT2D eigenvalue weighted by atomic mass is 79.9. The van der Waals surface area contributed by atoms with Crippen LogP contribution in [0, 0.1) is 0 Å². The van der Waals surface area contributed by atoms with Gasteiger partial charge in [-0.15, -0.1) is 0 Å². The third kappa shape index (κ3) is 3.70. The van der Waals surface area contributed by atoms with Crippen LogP contribution >= 0.6 is 15.9 Å². The van der Waals surface area contributed by atoms with Gasteiger partial charge in [-0.1, -0.05) is 28.1 Å². The average Bonchev–Trinajstić information content (AvgIpc) is 2.73. The SMILES string of the molecule is O=C1CCN([C@@H](Cc2ccc(Br)cc2)C(F)(F)F)N1. The Labute approximate surface area is 116 Å². The Kier molecular flexibility index (Phi) is 4.15. The minimum absolute atomic E-state index is 0.0829. The van der Waals surface area contributed by atoms with E-state index in [0.29, 0.717) is 5.56 Å². The molecule has 0 saturated carbocycles. The van der Waals surface area contributed by atoms with E-state index in [1.807, 2.05) is 0 Å². The van der Waals surface area contributed by atoms with Crippen LogP contribution in [-0.2, 0) is 11.2 Å². The Hall–Kier alpha value is -1.08. The third-order valence-corrected chi connectivity index (χ3v) is 3.47. The lowest BCUT2D eigenvalue weighted by Gasteiger charge is -2.29. The van der Waals surface area contributed by atoms with Crippen molar-refractivity contribution in [3.8, 4) is 0 Å². The number of hydrogen-bond acceptors (Lipinski definition) is 2. The van der Waals surface area contributed by atoms with Crippen LogP contribution in [0.2, 0.25) is 0 Å². The van der Waals surface area contributed by atoms with Crippen LogP contribution in [0.3, 0.4) is 0 Å². The number of nitrogens with one attached hydrogen (secondary N) is 1. The zero-order chi connectivity index (χ0) is 14.0. The van der Waals surface area contributed by atoms with Crippen molar-refractivity contribution in [1.29, 1.82) is 0 Å². The van der Waals surface area contributed by atoms with Crippen molar-refractivity contribution in [2.24, 2.45) is 0 Å². The van der Waals surface area contributed by atoms with Gasteiger partial charge in [0.15, 0.2) is 0 Å². The largest absolute Gasteiger partial charge is 0.406 e. The first-order valence-corrected chi connectivity index (χ1v) is 6.53. The Morgan fingerprint density at radius 1 is 1.32 bits per heavy atom. The second kappa shape index (κ2) is 5.50. The maximum absolute atomic E-state index is 13.1. The van der Waals surface area contributed by atoms with E-state index in [2.05, 4.69) is 21.4 Å². The van der Waals surface area contributed by atoms with Gasteiger partial charge in [0.25, 0.3) is 0 Å². The number of amides is 1. The highest BCUT2D eigenvalue weighted by Gasteiger charge is 2.45. The van der Waals surface area contributed by atoms with Crippen molar-refractivity contribution in [2.75, 3.05) is 6.54 Å². The van der Waals surface area contributed by atoms with E-state index in [1.54, 1.807) is 24.3 Å². The molecule has 1 fully saturated rings. The smallest absolute Gasteiger partial charge is 0.288 e. The van der Waals surface area contributed by atoms with Gasteiger partial charge in [-0.2, -0.15) is 13.2 Å². The molecular formula is C12H12BrF3N2O. The van der Waals surface area contributed by atoms with Gasteiger partial charge in [0.1, 0.15) is 6.04 Å². The van der Waals surface area contributed by atoms with Gasteiger partial charge >= 0.3 is 6.18 Å². The molecule has 1 aliphatic heterocycles. The van der Waals surface area contributed by atoms with Gasteiger partial charge in [-0.3, -0.25) is 10.2 Å². The number of rotatable bonds is 3. The molecule has 0 spiro atoms. The van der Waals surface area contributed by atoms with Gasteiger partial charge in [-0.05, 0) is 24.1 Å². The van der Waals surface area contributed by atoms with Crippen LogP contribution in [0.4, 0.5) is 13.2 Å². The summed E-state index contributed by atoms with van der Waals surface area (Å²) in [6.45, 7) is 0.0829. The molecule has 1 atom stereocenters. The summed E-state index contributed by atoms with van der Waals surface area (Å²) in [4.78, 5) is 11.1. The minimum Gasteiger partial charge on any atom is -0.288 e. The summed E-state index contributed by atoms with van der Waals surface area (Å²) in [6.07, 6.45) is -4.46. The van der Waals surface area contributed by atoms with Crippen LogP contribution in [0.1, 0.15) is 12.0 Å². The molecular weight excluding hydrogens is 325 g/mol. The number of nitrogens with zero attached hydrogens (tertiary/aromatic N) is 1. The van der Waals surface area contributed by atoms with E-state index in [-0.39, 0.29) is 25.3 Å². The fraction of sp³-hybridized carbons (Fsp3) is 0.417. The second-order valence-corrected chi connectivity index (χ2v) is 5.28. The summed E-state index contributed by atoms with van der Waals surface area (Å²) in [5, 5.41) is 0.977. The molecule has 104 valence electrons. The van der Waals surface area contributed by atoms with Crippen molar-refractivity contribution in [2.45, 2.75) is 25.1 Å². The average molecular weight is 337 g/mol. The summed E-state index contributed by atoms with van der Waals surface area (Å²) in [5.41, 5.74) is 2.83. The molecule has 1 saturated heterocycles. The first-order chi connectivity index (χ1) is 8.86. The van der Waals surface area contributed by atoms with E-state index in [0.717, 1.165) is 9.48 Å². The van der Waals surface area contributed by atoms with E-state index in [4.69, 9.17) is 0 Å². The highest BCUT2D eigenvalue weighted by molar-refractivity contribution is 9.10. The highest BCUT2D eigenvalue weighted by Crippen LogP contribution is 2.28. The number of hydrogen-bond donors (Lipinski definition) is 1. The molecule has 0 aromatic heterocycles. The van der Waals surface area contributed by atoms with Gasteiger partial charge in [-0.25, -0.2) is 5.01 Å². The summed E-state index contributed by atoms with van der Waals surface area (Å²) >= 11 is 3.24. The van der Waals surface area contributed by atoms with Crippen LogP contribution in [0.25, 0.3) is 0 Å². The van der Waals surface area contributed by atoms with E-state index < -0.39 is 12.2 Å². The zero-order valence-electron chi connectivity index (χ0n) is 9.88. The van der Waals surface area contributed by atoms with Gasteiger partial charge in [0, 0.05) is 17.4 Å². The number of halogens is 4. The normalized spacial score (nSPS) is 18.4. The summed E-state index contributed by atoms with van der Waals surface area (Å²) < 4.78 is 40.0. The Balaban J connectivity index is 2.14. The topological polar surface area (TPSA) is 32.3 Å². The predicted octanol–water partition coefficient (Wildman–Crippen LogP) is 2.66. The van der Waals surface area contributed by atoms with Gasteiger partial charge in [0.05, 0.1) is 0 Å². The lowest BCUT2D eigenvalue weighted by atomic mass is 10.1. The summed E-state index contributed by atoms with van der Waals surface area (Å²) in [6, 6.07) is 4.98. The molecule has 0 bridgehead atoms. The van der Waals surface area contributed by atoms with E-state index >= 15 is 0 Å². The van der Waals surface area contributed by atoms with Crippen molar-refractivity contribution < 1.29 is 18.0 Å². The van der Waals surface area contributed by atoms with Crippen LogP contribution < -0.4 is 5.43 Å². The molecule has 1 heterocycles. The van der Waals surface area contributed by atoms with Gasteiger partial charge < -0.3 is 0 Å². The standard InChI is InChI=1S/C12H12BrF3N2O/c13-9-3-1-8(2-4-9)7-10(12(14,15)16)18-6-5-11(19)17-18/h1-4,10H,5-7H2,(H,17,19)/t10-/m0/s1.